The van der Waals surface area contributed by atoms with Crippen molar-refractivity contribution in [3.05, 3.63) is 23.9 Å². The van der Waals surface area contributed by atoms with Crippen molar-refractivity contribution in [2.24, 2.45) is 11.8 Å². The summed E-state index contributed by atoms with van der Waals surface area (Å²) in [5.41, 5.74) is 1.04. The van der Waals surface area contributed by atoms with E-state index in [-0.39, 0.29) is 0 Å². The van der Waals surface area contributed by atoms with Crippen LogP contribution in [0.25, 0.3) is 0 Å². The van der Waals surface area contributed by atoms with E-state index in [0.29, 0.717) is 30.8 Å². The first-order valence-corrected chi connectivity index (χ1v) is 10.5. The predicted molar refractivity (Wildman–Crippen MR) is 93.3 cm³/mol. The van der Waals surface area contributed by atoms with Crippen molar-refractivity contribution in [2.75, 3.05) is 39.5 Å². The molecule has 7 heteroatoms. The number of sulfonamides is 1. The molecule has 0 N–H and O–H groups in total. The summed E-state index contributed by atoms with van der Waals surface area (Å²) in [5, 5.41) is 0. The SMILES string of the molecule is COc1cccc(CN2CCC(C3CCN(S(C)(=O)=O)CC3)C2)n1. The number of methoxy groups -OCH3 is 1. The normalized spacial score (nSPS) is 24.3. The predicted octanol–water partition coefficient (Wildman–Crippen LogP) is 1.58. The third kappa shape index (κ3) is 4.26. The van der Waals surface area contributed by atoms with Gasteiger partial charge in [0.25, 0.3) is 0 Å². The molecular weight excluding hydrogens is 326 g/mol. The first kappa shape index (κ1) is 17.6. The zero-order valence-electron chi connectivity index (χ0n) is 14.5. The van der Waals surface area contributed by atoms with Gasteiger partial charge in [0, 0.05) is 32.2 Å². The molecule has 0 amide bonds. The maximum atomic E-state index is 11.6. The summed E-state index contributed by atoms with van der Waals surface area (Å²) >= 11 is 0. The molecule has 24 heavy (non-hydrogen) atoms. The molecule has 2 aliphatic rings. The van der Waals surface area contributed by atoms with E-state index in [2.05, 4.69) is 9.88 Å². The number of ether oxygens (including phenoxy) is 1. The second-order valence-electron chi connectivity index (χ2n) is 6.95. The lowest BCUT2D eigenvalue weighted by atomic mass is 9.84. The van der Waals surface area contributed by atoms with Crippen LogP contribution in [-0.2, 0) is 16.6 Å². The van der Waals surface area contributed by atoms with Crippen LogP contribution in [0, 0.1) is 11.8 Å². The fourth-order valence-corrected chi connectivity index (χ4v) is 4.83. The van der Waals surface area contributed by atoms with Crippen LogP contribution in [0.1, 0.15) is 25.0 Å². The number of aromatic nitrogens is 1. The summed E-state index contributed by atoms with van der Waals surface area (Å²) in [7, 11) is -1.39. The summed E-state index contributed by atoms with van der Waals surface area (Å²) < 4.78 is 30.1. The van der Waals surface area contributed by atoms with E-state index < -0.39 is 10.0 Å². The van der Waals surface area contributed by atoms with Gasteiger partial charge in [0.15, 0.2) is 0 Å². The van der Waals surface area contributed by atoms with Crippen LogP contribution in [0.2, 0.25) is 0 Å². The lowest BCUT2D eigenvalue weighted by molar-refractivity contribution is 0.201. The molecule has 2 aliphatic heterocycles. The van der Waals surface area contributed by atoms with Gasteiger partial charge >= 0.3 is 0 Å². The minimum absolute atomic E-state index is 0.645. The second kappa shape index (κ2) is 7.37. The zero-order valence-corrected chi connectivity index (χ0v) is 15.3. The van der Waals surface area contributed by atoms with Crippen LogP contribution in [-0.4, -0.2) is 62.2 Å². The largest absolute Gasteiger partial charge is 0.481 e. The quantitative estimate of drug-likeness (QED) is 0.804. The standard InChI is InChI=1S/C17H27N3O3S/c1-23-17-5-3-4-16(18-17)13-19-9-6-15(12-19)14-7-10-20(11-8-14)24(2,21)22/h3-5,14-15H,6-13H2,1-2H3. The fraction of sp³-hybridized carbons (Fsp3) is 0.706. The summed E-state index contributed by atoms with van der Waals surface area (Å²) in [6.07, 6.45) is 4.49. The van der Waals surface area contributed by atoms with Crippen molar-refractivity contribution in [2.45, 2.75) is 25.8 Å². The number of hydrogen-bond donors (Lipinski definition) is 0. The Kier molecular flexibility index (Phi) is 5.42. The topological polar surface area (TPSA) is 62.7 Å². The van der Waals surface area contributed by atoms with Gasteiger partial charge in [-0.2, -0.15) is 0 Å². The Labute approximate surface area is 144 Å². The smallest absolute Gasteiger partial charge is 0.213 e. The average Bonchev–Trinajstić information content (AvgIpc) is 3.03. The van der Waals surface area contributed by atoms with E-state index in [4.69, 9.17) is 4.74 Å². The monoisotopic (exact) mass is 353 g/mol. The van der Waals surface area contributed by atoms with Crippen molar-refractivity contribution < 1.29 is 13.2 Å². The maximum absolute atomic E-state index is 11.6. The van der Waals surface area contributed by atoms with E-state index in [1.807, 2.05) is 18.2 Å². The second-order valence-corrected chi connectivity index (χ2v) is 8.94. The molecule has 3 heterocycles. The Hall–Kier alpha value is -1.18. The van der Waals surface area contributed by atoms with Gasteiger partial charge in [-0.25, -0.2) is 17.7 Å². The molecule has 0 aliphatic carbocycles. The van der Waals surface area contributed by atoms with Gasteiger partial charge in [-0.05, 0) is 43.7 Å². The van der Waals surface area contributed by atoms with Crippen LogP contribution in [0.3, 0.4) is 0 Å². The van der Waals surface area contributed by atoms with Gasteiger partial charge < -0.3 is 4.74 Å². The summed E-state index contributed by atoms with van der Waals surface area (Å²) in [4.78, 5) is 6.95. The van der Waals surface area contributed by atoms with Crippen LogP contribution in [0.4, 0.5) is 0 Å². The third-order valence-corrected chi connectivity index (χ3v) is 6.62. The van der Waals surface area contributed by atoms with E-state index in [0.717, 1.165) is 38.2 Å². The molecule has 6 nitrogen and oxygen atoms in total. The highest BCUT2D eigenvalue weighted by Gasteiger charge is 2.33. The molecule has 0 bridgehead atoms. The summed E-state index contributed by atoms with van der Waals surface area (Å²) in [6, 6.07) is 5.89. The summed E-state index contributed by atoms with van der Waals surface area (Å²) in [5.74, 6) is 1.99. The average molecular weight is 353 g/mol. The van der Waals surface area contributed by atoms with Crippen molar-refractivity contribution in [3.63, 3.8) is 0 Å². The molecule has 3 rings (SSSR count). The molecule has 1 aromatic rings. The Balaban J connectivity index is 1.51. The van der Waals surface area contributed by atoms with Crippen LogP contribution in [0.5, 0.6) is 5.88 Å². The maximum Gasteiger partial charge on any atom is 0.213 e. The van der Waals surface area contributed by atoms with Gasteiger partial charge in [-0.15, -0.1) is 0 Å². The fourth-order valence-electron chi connectivity index (χ4n) is 3.96. The number of likely N-dealkylation sites (tertiary alicyclic amines) is 1. The van der Waals surface area contributed by atoms with Gasteiger partial charge in [-0.3, -0.25) is 4.90 Å². The molecule has 1 aromatic heterocycles. The van der Waals surface area contributed by atoms with Gasteiger partial charge in [0.2, 0.25) is 15.9 Å². The number of pyridine rings is 1. The first-order valence-electron chi connectivity index (χ1n) is 8.63. The van der Waals surface area contributed by atoms with E-state index >= 15 is 0 Å². The Bertz CT molecular complexity index is 657. The van der Waals surface area contributed by atoms with E-state index in [9.17, 15) is 8.42 Å². The minimum atomic E-state index is -3.03. The highest BCUT2D eigenvalue weighted by Crippen LogP contribution is 2.32. The number of rotatable bonds is 5. The minimum Gasteiger partial charge on any atom is -0.481 e. The Morgan fingerprint density at radius 3 is 2.54 bits per heavy atom. The number of piperidine rings is 1. The van der Waals surface area contributed by atoms with Gasteiger partial charge in [-0.1, -0.05) is 6.07 Å². The van der Waals surface area contributed by atoms with Crippen molar-refractivity contribution >= 4 is 10.0 Å². The lowest BCUT2D eigenvalue weighted by Crippen LogP contribution is -2.39. The van der Waals surface area contributed by atoms with Gasteiger partial charge in [0.1, 0.15) is 0 Å². The first-order chi connectivity index (χ1) is 11.5. The van der Waals surface area contributed by atoms with Crippen LogP contribution >= 0.6 is 0 Å². The zero-order chi connectivity index (χ0) is 17.2. The molecular formula is C17H27N3O3S. The number of nitrogens with zero attached hydrogens (tertiary/aromatic N) is 3. The Morgan fingerprint density at radius 1 is 1.17 bits per heavy atom. The van der Waals surface area contributed by atoms with E-state index in [1.54, 1.807) is 11.4 Å². The van der Waals surface area contributed by atoms with E-state index in [1.165, 1.54) is 12.7 Å². The van der Waals surface area contributed by atoms with Crippen molar-refractivity contribution in [1.82, 2.24) is 14.2 Å². The number of hydrogen-bond acceptors (Lipinski definition) is 5. The highest BCUT2D eigenvalue weighted by atomic mass is 32.2. The molecule has 0 spiro atoms. The lowest BCUT2D eigenvalue weighted by Gasteiger charge is -2.33. The van der Waals surface area contributed by atoms with Crippen LogP contribution in [0.15, 0.2) is 18.2 Å². The third-order valence-electron chi connectivity index (χ3n) is 5.32. The van der Waals surface area contributed by atoms with Gasteiger partial charge in [0.05, 0.1) is 19.1 Å². The molecule has 134 valence electrons. The molecule has 1 atom stereocenters. The van der Waals surface area contributed by atoms with Crippen molar-refractivity contribution in [3.8, 4) is 5.88 Å². The summed E-state index contributed by atoms with van der Waals surface area (Å²) in [6.45, 7) is 4.39. The molecule has 2 fully saturated rings. The highest BCUT2D eigenvalue weighted by molar-refractivity contribution is 7.88. The molecule has 0 saturated carbocycles. The molecule has 0 aromatic carbocycles. The molecule has 0 radical (unpaired) electrons. The van der Waals surface area contributed by atoms with Crippen LogP contribution < -0.4 is 4.74 Å². The Morgan fingerprint density at radius 2 is 1.88 bits per heavy atom. The molecule has 2 saturated heterocycles. The van der Waals surface area contributed by atoms with Crippen molar-refractivity contribution in [1.29, 1.82) is 0 Å². The molecule has 1 unspecified atom stereocenters.